The molecule has 0 radical (unpaired) electrons. The van der Waals surface area contributed by atoms with Crippen LogP contribution in [0.1, 0.15) is 52.5 Å². The number of aromatic hydroxyl groups is 1. The van der Waals surface area contributed by atoms with Crippen molar-refractivity contribution in [2.75, 3.05) is 6.26 Å². The van der Waals surface area contributed by atoms with Crippen molar-refractivity contribution in [3.05, 3.63) is 22.6 Å². The van der Waals surface area contributed by atoms with Gasteiger partial charge in [0.1, 0.15) is 11.4 Å². The van der Waals surface area contributed by atoms with Gasteiger partial charge in [-0.15, -0.1) is 0 Å². The van der Waals surface area contributed by atoms with Gasteiger partial charge in [-0.05, 0) is 52.7 Å². The molecule has 3 rings (SSSR count). The number of pyridine rings is 1. The number of hydrogen-bond donors (Lipinski definition) is 2. The molecule has 1 fully saturated rings. The van der Waals surface area contributed by atoms with E-state index < -0.39 is 11.7 Å². The number of rotatable bonds is 3. The average molecular weight is 407 g/mol. The first-order valence-electron chi connectivity index (χ1n) is 9.32. The number of fused-ring (bicyclic) bond motifs is 1. The summed E-state index contributed by atoms with van der Waals surface area (Å²) < 4.78 is 6.97. The van der Waals surface area contributed by atoms with Gasteiger partial charge in [-0.25, -0.2) is 14.8 Å². The summed E-state index contributed by atoms with van der Waals surface area (Å²) in [7, 11) is 0. The standard InChI is InChI=1S/C19H26N4O4S/c1-19(2,3)27-18(26)21-11-5-7-12(8-6-11)23-15(25)9-14(24)13-10-20-17(28-4)22-16(13)23/h9-12,24H,5-8H2,1-4H3,(H,21,26). The Hall–Kier alpha value is -2.29. The van der Waals surface area contributed by atoms with Crippen LogP contribution in [-0.2, 0) is 4.74 Å². The van der Waals surface area contributed by atoms with E-state index in [1.807, 2.05) is 27.0 Å². The fourth-order valence-electron chi connectivity index (χ4n) is 3.49. The van der Waals surface area contributed by atoms with Gasteiger partial charge >= 0.3 is 6.09 Å². The minimum atomic E-state index is -0.533. The van der Waals surface area contributed by atoms with Gasteiger partial charge in [-0.3, -0.25) is 9.36 Å². The Labute approximate surface area is 167 Å². The van der Waals surface area contributed by atoms with Crippen molar-refractivity contribution in [2.45, 2.75) is 69.3 Å². The number of carbonyl (C=O) groups excluding carboxylic acids is 1. The summed E-state index contributed by atoms with van der Waals surface area (Å²) in [5.41, 5.74) is -0.360. The lowest BCUT2D eigenvalue weighted by atomic mass is 9.91. The lowest BCUT2D eigenvalue weighted by Gasteiger charge is -2.31. The predicted molar refractivity (Wildman–Crippen MR) is 108 cm³/mol. The zero-order chi connectivity index (χ0) is 20.5. The van der Waals surface area contributed by atoms with Crippen LogP contribution >= 0.6 is 11.8 Å². The fourth-order valence-corrected chi connectivity index (χ4v) is 3.83. The molecule has 2 aromatic rings. The van der Waals surface area contributed by atoms with Gasteiger partial charge in [0.25, 0.3) is 5.56 Å². The van der Waals surface area contributed by atoms with Gasteiger partial charge in [0.05, 0.1) is 5.39 Å². The Morgan fingerprint density at radius 2 is 2.00 bits per heavy atom. The summed E-state index contributed by atoms with van der Waals surface area (Å²) in [5.74, 6) is -0.107. The van der Waals surface area contributed by atoms with Gasteiger partial charge in [0.15, 0.2) is 10.8 Å². The minimum absolute atomic E-state index is 0.0153. The Balaban J connectivity index is 1.78. The zero-order valence-corrected chi connectivity index (χ0v) is 17.4. The maximum Gasteiger partial charge on any atom is 0.407 e. The molecule has 1 aliphatic carbocycles. The van der Waals surface area contributed by atoms with E-state index in [2.05, 4.69) is 15.3 Å². The van der Waals surface area contributed by atoms with E-state index in [4.69, 9.17) is 4.74 Å². The van der Waals surface area contributed by atoms with Crippen molar-refractivity contribution in [1.29, 1.82) is 0 Å². The van der Waals surface area contributed by atoms with Crippen LogP contribution in [0.25, 0.3) is 11.0 Å². The van der Waals surface area contributed by atoms with E-state index >= 15 is 0 Å². The van der Waals surface area contributed by atoms with Crippen LogP contribution in [0.2, 0.25) is 0 Å². The Kier molecular flexibility index (Phi) is 5.83. The molecule has 28 heavy (non-hydrogen) atoms. The molecular formula is C19H26N4O4S. The molecule has 1 amide bonds. The topological polar surface area (TPSA) is 106 Å². The SMILES string of the molecule is CSc1ncc2c(O)cc(=O)n(C3CCC(NC(=O)OC(C)(C)C)CC3)c2n1. The van der Waals surface area contributed by atoms with Crippen molar-refractivity contribution in [3.8, 4) is 5.75 Å². The summed E-state index contributed by atoms with van der Waals surface area (Å²) >= 11 is 1.38. The van der Waals surface area contributed by atoms with E-state index in [0.29, 0.717) is 16.2 Å². The monoisotopic (exact) mass is 406 g/mol. The van der Waals surface area contributed by atoms with Crippen molar-refractivity contribution < 1.29 is 14.6 Å². The maximum absolute atomic E-state index is 12.6. The van der Waals surface area contributed by atoms with E-state index in [1.54, 1.807) is 10.8 Å². The van der Waals surface area contributed by atoms with Crippen LogP contribution in [0.5, 0.6) is 5.75 Å². The smallest absolute Gasteiger partial charge is 0.407 e. The average Bonchev–Trinajstić information content (AvgIpc) is 2.61. The van der Waals surface area contributed by atoms with Crippen LogP contribution in [-0.4, -0.2) is 43.6 Å². The molecule has 2 heterocycles. The van der Waals surface area contributed by atoms with E-state index in [9.17, 15) is 14.7 Å². The summed E-state index contributed by atoms with van der Waals surface area (Å²) in [5, 5.41) is 14.0. The third kappa shape index (κ3) is 4.57. The molecule has 9 heteroatoms. The molecule has 0 aliphatic heterocycles. The molecule has 0 bridgehead atoms. The second-order valence-electron chi connectivity index (χ2n) is 7.98. The summed E-state index contributed by atoms with van der Waals surface area (Å²) in [6.07, 6.45) is 5.91. The maximum atomic E-state index is 12.6. The van der Waals surface area contributed by atoms with E-state index in [0.717, 1.165) is 25.7 Å². The van der Waals surface area contributed by atoms with Crippen molar-refractivity contribution in [1.82, 2.24) is 19.9 Å². The molecule has 0 spiro atoms. The second kappa shape index (κ2) is 7.98. The number of aromatic nitrogens is 3. The minimum Gasteiger partial charge on any atom is -0.507 e. The molecule has 152 valence electrons. The Bertz CT molecular complexity index is 930. The fraction of sp³-hybridized carbons (Fsp3) is 0.579. The van der Waals surface area contributed by atoms with E-state index in [1.165, 1.54) is 17.8 Å². The third-order valence-corrected chi connectivity index (χ3v) is 5.28. The lowest BCUT2D eigenvalue weighted by molar-refractivity contribution is 0.0488. The number of alkyl carbamates (subject to hydrolysis) is 1. The molecule has 2 aromatic heterocycles. The van der Waals surface area contributed by atoms with Gasteiger partial charge in [0, 0.05) is 24.3 Å². The number of nitrogens with one attached hydrogen (secondary N) is 1. The molecule has 2 N–H and O–H groups in total. The number of nitrogens with zero attached hydrogens (tertiary/aromatic N) is 3. The van der Waals surface area contributed by atoms with Crippen LogP contribution in [0.15, 0.2) is 22.2 Å². The number of thioether (sulfide) groups is 1. The Morgan fingerprint density at radius 3 is 2.61 bits per heavy atom. The number of amides is 1. The van der Waals surface area contributed by atoms with Gasteiger partial charge in [-0.2, -0.15) is 0 Å². The zero-order valence-electron chi connectivity index (χ0n) is 16.6. The van der Waals surface area contributed by atoms with Gasteiger partial charge in [0.2, 0.25) is 0 Å². The van der Waals surface area contributed by atoms with Crippen molar-refractivity contribution >= 4 is 28.9 Å². The highest BCUT2D eigenvalue weighted by Crippen LogP contribution is 2.31. The highest BCUT2D eigenvalue weighted by Gasteiger charge is 2.27. The van der Waals surface area contributed by atoms with E-state index in [-0.39, 0.29) is 23.4 Å². The molecule has 0 atom stereocenters. The number of ether oxygens (including phenoxy) is 1. The molecule has 1 aliphatic rings. The number of hydrogen-bond acceptors (Lipinski definition) is 7. The summed E-state index contributed by atoms with van der Waals surface area (Å²) in [6.45, 7) is 5.49. The first-order valence-corrected chi connectivity index (χ1v) is 10.5. The third-order valence-electron chi connectivity index (χ3n) is 4.71. The molecule has 8 nitrogen and oxygen atoms in total. The largest absolute Gasteiger partial charge is 0.507 e. The predicted octanol–water partition coefficient (Wildman–Crippen LogP) is 3.23. The van der Waals surface area contributed by atoms with Crippen LogP contribution < -0.4 is 10.9 Å². The van der Waals surface area contributed by atoms with Crippen LogP contribution in [0.4, 0.5) is 4.79 Å². The summed E-state index contributed by atoms with van der Waals surface area (Å²) in [6, 6.07) is 1.19. The molecule has 1 saturated carbocycles. The van der Waals surface area contributed by atoms with Crippen molar-refractivity contribution in [2.24, 2.45) is 0 Å². The molecule has 0 saturated heterocycles. The molecule has 0 unspecified atom stereocenters. The lowest BCUT2D eigenvalue weighted by Crippen LogP contribution is -2.41. The molecule has 0 aromatic carbocycles. The van der Waals surface area contributed by atoms with Crippen molar-refractivity contribution in [3.63, 3.8) is 0 Å². The Morgan fingerprint density at radius 1 is 1.32 bits per heavy atom. The quantitative estimate of drug-likeness (QED) is 0.595. The first kappa shape index (κ1) is 20.4. The highest BCUT2D eigenvalue weighted by atomic mass is 32.2. The molecular weight excluding hydrogens is 380 g/mol. The number of carbonyl (C=O) groups is 1. The van der Waals surface area contributed by atoms with Gasteiger partial charge in [-0.1, -0.05) is 11.8 Å². The summed E-state index contributed by atoms with van der Waals surface area (Å²) in [4.78, 5) is 33.2. The first-order chi connectivity index (χ1) is 13.2. The normalized spacial score (nSPS) is 20.1. The second-order valence-corrected chi connectivity index (χ2v) is 8.76. The van der Waals surface area contributed by atoms with Crippen LogP contribution in [0, 0.1) is 0 Å². The van der Waals surface area contributed by atoms with Crippen LogP contribution in [0.3, 0.4) is 0 Å². The highest BCUT2D eigenvalue weighted by molar-refractivity contribution is 7.98. The van der Waals surface area contributed by atoms with Gasteiger partial charge < -0.3 is 15.2 Å².